The highest BCUT2D eigenvalue weighted by Crippen LogP contribution is 2.17. The molecule has 1 N–H and O–H groups in total. The first kappa shape index (κ1) is 14.7. The number of Topliss-reactive ketones (excluding diaryl/α,β-unsaturated/α-hetero) is 1. The Bertz CT molecular complexity index is 390. The van der Waals surface area contributed by atoms with Gasteiger partial charge < -0.3 is 9.84 Å². The van der Waals surface area contributed by atoms with Crippen molar-refractivity contribution in [3.8, 4) is 5.75 Å². The highest BCUT2D eigenvalue weighted by molar-refractivity contribution is 6.00. The molecule has 0 aliphatic carbocycles. The SMILES string of the molecule is COc1ccccc1C(=O)CN(C)CCC(C)O. The highest BCUT2D eigenvalue weighted by Gasteiger charge is 2.13. The van der Waals surface area contributed by atoms with Gasteiger partial charge in [-0.1, -0.05) is 12.1 Å². The Kier molecular flexibility index (Phi) is 5.82. The van der Waals surface area contributed by atoms with Crippen molar-refractivity contribution in [3.63, 3.8) is 0 Å². The normalized spacial score (nSPS) is 12.5. The van der Waals surface area contributed by atoms with Gasteiger partial charge in [0.2, 0.25) is 0 Å². The Morgan fingerprint density at radius 1 is 1.44 bits per heavy atom. The molecule has 0 fully saturated rings. The minimum absolute atomic E-state index is 0.0283. The fraction of sp³-hybridized carbons (Fsp3) is 0.500. The largest absolute Gasteiger partial charge is 0.496 e. The predicted molar refractivity (Wildman–Crippen MR) is 71.1 cm³/mol. The van der Waals surface area contributed by atoms with Crippen LogP contribution in [0.4, 0.5) is 0 Å². The van der Waals surface area contributed by atoms with Crippen molar-refractivity contribution < 1.29 is 14.6 Å². The summed E-state index contributed by atoms with van der Waals surface area (Å²) in [5.74, 6) is 0.631. The van der Waals surface area contributed by atoms with Gasteiger partial charge in [-0.25, -0.2) is 0 Å². The number of likely N-dealkylation sites (N-methyl/N-ethyl adjacent to an activating group) is 1. The molecule has 0 aliphatic rings. The van der Waals surface area contributed by atoms with Crippen LogP contribution in [0.1, 0.15) is 23.7 Å². The summed E-state index contributed by atoms with van der Waals surface area (Å²) in [4.78, 5) is 14.0. The van der Waals surface area contributed by atoms with E-state index in [0.29, 0.717) is 30.8 Å². The predicted octanol–water partition coefficient (Wildman–Crippen LogP) is 1.58. The van der Waals surface area contributed by atoms with E-state index >= 15 is 0 Å². The van der Waals surface area contributed by atoms with E-state index in [4.69, 9.17) is 4.74 Å². The summed E-state index contributed by atoms with van der Waals surface area (Å²) in [6, 6.07) is 7.21. The van der Waals surface area contributed by atoms with Gasteiger partial charge in [-0.05, 0) is 32.5 Å². The maximum absolute atomic E-state index is 12.1. The monoisotopic (exact) mass is 251 g/mol. The van der Waals surface area contributed by atoms with Crippen LogP contribution < -0.4 is 4.74 Å². The average molecular weight is 251 g/mol. The molecular formula is C14H21NO3. The molecule has 0 amide bonds. The number of carbonyl (C=O) groups excluding carboxylic acids is 1. The van der Waals surface area contributed by atoms with Crippen LogP contribution in [0, 0.1) is 0 Å². The van der Waals surface area contributed by atoms with Crippen LogP contribution in [-0.2, 0) is 0 Å². The maximum Gasteiger partial charge on any atom is 0.180 e. The number of aliphatic hydroxyl groups is 1. The van der Waals surface area contributed by atoms with Crippen molar-refractivity contribution in [2.45, 2.75) is 19.4 Å². The molecule has 1 aromatic carbocycles. The molecule has 0 aromatic heterocycles. The van der Waals surface area contributed by atoms with Crippen LogP contribution in [0.15, 0.2) is 24.3 Å². The first-order valence-electron chi connectivity index (χ1n) is 6.07. The second kappa shape index (κ2) is 7.13. The molecule has 1 rings (SSSR count). The molecule has 0 saturated carbocycles. The molecule has 1 atom stereocenters. The lowest BCUT2D eigenvalue weighted by molar-refractivity contribution is 0.0928. The number of aliphatic hydroxyl groups excluding tert-OH is 1. The summed E-state index contributed by atoms with van der Waals surface area (Å²) in [5.41, 5.74) is 0.601. The highest BCUT2D eigenvalue weighted by atomic mass is 16.5. The van der Waals surface area contributed by atoms with Crippen molar-refractivity contribution >= 4 is 5.78 Å². The number of ketones is 1. The molecule has 0 saturated heterocycles. The molecule has 0 aliphatic heterocycles. The van der Waals surface area contributed by atoms with Crippen LogP contribution in [0.3, 0.4) is 0 Å². The quantitative estimate of drug-likeness (QED) is 0.748. The number of ether oxygens (including phenoxy) is 1. The van der Waals surface area contributed by atoms with E-state index in [1.807, 2.05) is 24.1 Å². The second-order valence-corrected chi connectivity index (χ2v) is 4.50. The van der Waals surface area contributed by atoms with E-state index < -0.39 is 0 Å². The molecular weight excluding hydrogens is 230 g/mol. The molecule has 0 radical (unpaired) electrons. The minimum atomic E-state index is -0.339. The third-order valence-electron chi connectivity index (χ3n) is 2.75. The van der Waals surface area contributed by atoms with Crippen molar-refractivity contribution in [1.82, 2.24) is 4.90 Å². The van der Waals surface area contributed by atoms with Gasteiger partial charge in [0.05, 0.1) is 25.3 Å². The standard InChI is InChI=1S/C14H21NO3/c1-11(16)8-9-15(2)10-13(17)12-6-4-5-7-14(12)18-3/h4-7,11,16H,8-10H2,1-3H3. The third-order valence-corrected chi connectivity index (χ3v) is 2.75. The number of hydrogen-bond acceptors (Lipinski definition) is 4. The van der Waals surface area contributed by atoms with Crippen LogP contribution >= 0.6 is 0 Å². The number of nitrogens with zero attached hydrogens (tertiary/aromatic N) is 1. The number of rotatable bonds is 7. The summed E-state index contributed by atoms with van der Waals surface area (Å²) in [6.45, 7) is 2.77. The summed E-state index contributed by atoms with van der Waals surface area (Å²) in [7, 11) is 3.43. The molecule has 1 aromatic rings. The van der Waals surface area contributed by atoms with Crippen LogP contribution in [0.2, 0.25) is 0 Å². The van der Waals surface area contributed by atoms with Gasteiger partial charge >= 0.3 is 0 Å². The lowest BCUT2D eigenvalue weighted by Crippen LogP contribution is -2.28. The van der Waals surface area contributed by atoms with Gasteiger partial charge in [0.25, 0.3) is 0 Å². The Labute approximate surface area is 108 Å². The van der Waals surface area contributed by atoms with Crippen molar-refractivity contribution in [2.75, 3.05) is 27.2 Å². The average Bonchev–Trinajstić information content (AvgIpc) is 2.36. The number of methoxy groups -OCH3 is 1. The Morgan fingerprint density at radius 3 is 2.72 bits per heavy atom. The molecule has 0 spiro atoms. The lowest BCUT2D eigenvalue weighted by atomic mass is 10.1. The van der Waals surface area contributed by atoms with Gasteiger partial charge in [-0.3, -0.25) is 9.69 Å². The molecule has 4 nitrogen and oxygen atoms in total. The van der Waals surface area contributed by atoms with E-state index in [1.165, 1.54) is 0 Å². The molecule has 0 heterocycles. The van der Waals surface area contributed by atoms with Crippen molar-refractivity contribution in [2.24, 2.45) is 0 Å². The lowest BCUT2D eigenvalue weighted by Gasteiger charge is -2.17. The summed E-state index contributed by atoms with van der Waals surface area (Å²) >= 11 is 0. The number of benzene rings is 1. The van der Waals surface area contributed by atoms with E-state index in [9.17, 15) is 9.90 Å². The van der Waals surface area contributed by atoms with E-state index in [-0.39, 0.29) is 11.9 Å². The van der Waals surface area contributed by atoms with Crippen molar-refractivity contribution in [1.29, 1.82) is 0 Å². The summed E-state index contributed by atoms with van der Waals surface area (Å²) in [5, 5.41) is 9.20. The van der Waals surface area contributed by atoms with Gasteiger partial charge in [0.15, 0.2) is 5.78 Å². The molecule has 100 valence electrons. The van der Waals surface area contributed by atoms with Crippen molar-refractivity contribution in [3.05, 3.63) is 29.8 Å². The van der Waals surface area contributed by atoms with E-state index in [2.05, 4.69) is 0 Å². The first-order valence-corrected chi connectivity index (χ1v) is 6.07. The first-order chi connectivity index (χ1) is 8.54. The van der Waals surface area contributed by atoms with Crippen LogP contribution in [0.5, 0.6) is 5.75 Å². The van der Waals surface area contributed by atoms with E-state index in [0.717, 1.165) is 0 Å². The molecule has 1 unspecified atom stereocenters. The minimum Gasteiger partial charge on any atom is -0.496 e. The zero-order chi connectivity index (χ0) is 13.5. The number of carbonyl (C=O) groups is 1. The van der Waals surface area contributed by atoms with Gasteiger partial charge in [0.1, 0.15) is 5.75 Å². The third kappa shape index (κ3) is 4.47. The maximum atomic E-state index is 12.1. The zero-order valence-electron chi connectivity index (χ0n) is 11.2. The molecule has 0 bridgehead atoms. The fourth-order valence-electron chi connectivity index (χ4n) is 1.69. The Balaban J connectivity index is 2.59. The van der Waals surface area contributed by atoms with Gasteiger partial charge in [-0.2, -0.15) is 0 Å². The Hall–Kier alpha value is -1.39. The topological polar surface area (TPSA) is 49.8 Å². The van der Waals surface area contributed by atoms with Gasteiger partial charge in [-0.15, -0.1) is 0 Å². The molecule has 4 heteroatoms. The molecule has 18 heavy (non-hydrogen) atoms. The second-order valence-electron chi connectivity index (χ2n) is 4.50. The number of hydrogen-bond donors (Lipinski definition) is 1. The Morgan fingerprint density at radius 2 is 2.11 bits per heavy atom. The zero-order valence-corrected chi connectivity index (χ0v) is 11.2. The van der Waals surface area contributed by atoms with Gasteiger partial charge in [0, 0.05) is 6.54 Å². The van der Waals surface area contributed by atoms with E-state index in [1.54, 1.807) is 26.2 Å². The van der Waals surface area contributed by atoms with Crippen LogP contribution in [-0.4, -0.2) is 49.1 Å². The summed E-state index contributed by atoms with van der Waals surface area (Å²) < 4.78 is 5.17. The van der Waals surface area contributed by atoms with Crippen LogP contribution in [0.25, 0.3) is 0 Å². The fourth-order valence-corrected chi connectivity index (χ4v) is 1.69. The summed E-state index contributed by atoms with van der Waals surface area (Å²) in [6.07, 6.45) is 0.323. The number of para-hydroxylation sites is 1. The smallest absolute Gasteiger partial charge is 0.180 e.